The molecule has 0 heterocycles. The van der Waals surface area contributed by atoms with Crippen molar-refractivity contribution in [2.75, 3.05) is 7.11 Å². The molecule has 0 aromatic heterocycles. The second kappa shape index (κ2) is 9.57. The predicted octanol–water partition coefficient (Wildman–Crippen LogP) is 4.83. The first kappa shape index (κ1) is 20.8. The Morgan fingerprint density at radius 3 is 2.31 bits per heavy atom. The molecule has 6 nitrogen and oxygen atoms in total. The summed E-state index contributed by atoms with van der Waals surface area (Å²) in [6.45, 7) is 0. The Bertz CT molecular complexity index is 1300. The Morgan fingerprint density at radius 2 is 1.53 bits per heavy atom. The van der Waals surface area contributed by atoms with Gasteiger partial charge in [-0.2, -0.15) is 5.10 Å². The molecule has 158 valence electrons. The largest absolute Gasteiger partial charge is 0.493 e. The van der Waals surface area contributed by atoms with Crippen LogP contribution in [-0.2, 0) is 0 Å². The van der Waals surface area contributed by atoms with E-state index in [2.05, 4.69) is 10.5 Å². The molecule has 1 amide bonds. The third-order valence-electron chi connectivity index (χ3n) is 4.79. The molecule has 0 bridgehead atoms. The van der Waals surface area contributed by atoms with Crippen LogP contribution in [-0.4, -0.2) is 25.2 Å². The summed E-state index contributed by atoms with van der Waals surface area (Å²) in [4.78, 5) is 24.7. The van der Waals surface area contributed by atoms with Gasteiger partial charge in [-0.15, -0.1) is 0 Å². The molecule has 0 saturated heterocycles. The molecular formula is C26H20N2O4. The van der Waals surface area contributed by atoms with Crippen LogP contribution < -0.4 is 14.9 Å². The van der Waals surface area contributed by atoms with Gasteiger partial charge in [0.15, 0.2) is 11.5 Å². The molecule has 4 aromatic rings. The van der Waals surface area contributed by atoms with Crippen molar-refractivity contribution in [3.8, 4) is 11.5 Å². The van der Waals surface area contributed by atoms with E-state index < -0.39 is 5.97 Å². The van der Waals surface area contributed by atoms with Crippen LogP contribution in [0.2, 0.25) is 0 Å². The van der Waals surface area contributed by atoms with E-state index in [0.29, 0.717) is 28.2 Å². The molecule has 0 aliphatic carbocycles. The first-order chi connectivity index (χ1) is 15.6. The molecule has 0 aliphatic rings. The highest BCUT2D eigenvalue weighted by Crippen LogP contribution is 2.28. The number of methoxy groups -OCH3 is 1. The zero-order chi connectivity index (χ0) is 22.3. The number of amides is 1. The number of nitrogens with zero attached hydrogens (tertiary/aromatic N) is 1. The van der Waals surface area contributed by atoms with Gasteiger partial charge in [-0.25, -0.2) is 10.2 Å². The fourth-order valence-corrected chi connectivity index (χ4v) is 3.14. The van der Waals surface area contributed by atoms with Crippen LogP contribution in [0.3, 0.4) is 0 Å². The van der Waals surface area contributed by atoms with Crippen molar-refractivity contribution in [1.82, 2.24) is 5.43 Å². The number of benzene rings is 4. The van der Waals surface area contributed by atoms with Gasteiger partial charge in [-0.05, 0) is 58.8 Å². The van der Waals surface area contributed by atoms with Crippen LogP contribution in [0.15, 0.2) is 96.1 Å². The highest BCUT2D eigenvalue weighted by molar-refractivity contribution is 5.99. The minimum atomic E-state index is -0.479. The third-order valence-corrected chi connectivity index (χ3v) is 4.79. The standard InChI is InChI=1S/C26H20N2O4/c1-31-24-15-18(11-14-23(24)32-26(30)20-8-3-2-4-9-20)17-27-28-25(29)22-13-12-19-7-5-6-10-21(19)16-22/h2-17H,1H3,(H,28,29)/b27-17-. The van der Waals surface area contributed by atoms with Crippen molar-refractivity contribution in [1.29, 1.82) is 0 Å². The van der Waals surface area contributed by atoms with Crippen molar-refractivity contribution in [3.63, 3.8) is 0 Å². The molecular weight excluding hydrogens is 404 g/mol. The van der Waals surface area contributed by atoms with Crippen LogP contribution in [0.5, 0.6) is 11.5 Å². The molecule has 1 N–H and O–H groups in total. The first-order valence-corrected chi connectivity index (χ1v) is 9.91. The normalized spacial score (nSPS) is 10.8. The molecule has 4 rings (SSSR count). The second-order valence-corrected chi connectivity index (χ2v) is 6.93. The summed E-state index contributed by atoms with van der Waals surface area (Å²) in [6.07, 6.45) is 1.49. The minimum Gasteiger partial charge on any atom is -0.493 e. The van der Waals surface area contributed by atoms with Crippen LogP contribution in [0, 0.1) is 0 Å². The number of esters is 1. The fraction of sp³-hybridized carbons (Fsp3) is 0.0385. The minimum absolute atomic E-state index is 0.290. The van der Waals surface area contributed by atoms with Gasteiger partial charge in [0.05, 0.1) is 18.9 Å². The van der Waals surface area contributed by atoms with E-state index in [9.17, 15) is 9.59 Å². The molecule has 0 aliphatic heterocycles. The van der Waals surface area contributed by atoms with Gasteiger partial charge in [0.25, 0.3) is 5.91 Å². The SMILES string of the molecule is COc1cc(/C=N\NC(=O)c2ccc3ccccc3c2)ccc1OC(=O)c1ccccc1. The van der Waals surface area contributed by atoms with Crippen molar-refractivity contribution in [3.05, 3.63) is 108 Å². The Labute approximate surface area is 185 Å². The molecule has 0 saturated carbocycles. The van der Waals surface area contributed by atoms with Gasteiger partial charge >= 0.3 is 5.97 Å². The number of fused-ring (bicyclic) bond motifs is 1. The second-order valence-electron chi connectivity index (χ2n) is 6.93. The van der Waals surface area contributed by atoms with Gasteiger partial charge in [0.1, 0.15) is 0 Å². The number of nitrogens with one attached hydrogen (secondary N) is 1. The number of hydrazone groups is 1. The molecule has 6 heteroatoms. The maximum absolute atomic E-state index is 12.4. The lowest BCUT2D eigenvalue weighted by Gasteiger charge is -2.10. The molecule has 0 unspecified atom stereocenters. The number of rotatable bonds is 6. The Balaban J connectivity index is 1.43. The van der Waals surface area contributed by atoms with Crippen molar-refractivity contribution in [2.24, 2.45) is 5.10 Å². The highest BCUT2D eigenvalue weighted by atomic mass is 16.6. The Morgan fingerprint density at radius 1 is 0.781 bits per heavy atom. The van der Waals surface area contributed by atoms with E-state index in [1.54, 1.807) is 48.5 Å². The number of hydrogen-bond acceptors (Lipinski definition) is 5. The van der Waals surface area contributed by atoms with Crippen molar-refractivity contribution in [2.45, 2.75) is 0 Å². The molecule has 0 radical (unpaired) electrons. The van der Waals surface area contributed by atoms with Crippen LogP contribution in [0.1, 0.15) is 26.3 Å². The lowest BCUT2D eigenvalue weighted by molar-refractivity contribution is 0.0729. The average molecular weight is 424 g/mol. The maximum Gasteiger partial charge on any atom is 0.343 e. The van der Waals surface area contributed by atoms with Crippen molar-refractivity contribution < 1.29 is 19.1 Å². The lowest BCUT2D eigenvalue weighted by Crippen LogP contribution is -2.17. The number of ether oxygens (including phenoxy) is 2. The third kappa shape index (κ3) is 4.82. The van der Waals surface area contributed by atoms with Crippen LogP contribution >= 0.6 is 0 Å². The summed E-state index contributed by atoms with van der Waals surface area (Å²) in [5.41, 5.74) is 4.15. The smallest absolute Gasteiger partial charge is 0.343 e. The van der Waals surface area contributed by atoms with E-state index in [-0.39, 0.29) is 5.91 Å². The Hall–Kier alpha value is -4.45. The van der Waals surface area contributed by atoms with Crippen molar-refractivity contribution >= 4 is 28.9 Å². The first-order valence-electron chi connectivity index (χ1n) is 9.91. The lowest BCUT2D eigenvalue weighted by atomic mass is 10.1. The van der Waals surface area contributed by atoms with Gasteiger partial charge in [-0.1, -0.05) is 48.5 Å². The fourth-order valence-electron chi connectivity index (χ4n) is 3.14. The van der Waals surface area contributed by atoms with Gasteiger partial charge in [0, 0.05) is 5.56 Å². The molecule has 0 spiro atoms. The zero-order valence-electron chi connectivity index (χ0n) is 17.3. The summed E-state index contributed by atoms with van der Waals surface area (Å²) in [7, 11) is 1.48. The number of carbonyl (C=O) groups excluding carboxylic acids is 2. The number of hydrogen-bond donors (Lipinski definition) is 1. The molecule has 4 aromatic carbocycles. The Kier molecular flexibility index (Phi) is 6.22. The van der Waals surface area contributed by atoms with E-state index >= 15 is 0 Å². The summed E-state index contributed by atoms with van der Waals surface area (Å²) in [5, 5.41) is 6.07. The topological polar surface area (TPSA) is 77.0 Å². The number of carbonyl (C=O) groups is 2. The van der Waals surface area contributed by atoms with Gasteiger partial charge in [-0.3, -0.25) is 4.79 Å². The molecule has 32 heavy (non-hydrogen) atoms. The van der Waals surface area contributed by atoms with Crippen LogP contribution in [0.25, 0.3) is 10.8 Å². The maximum atomic E-state index is 12.4. The van der Waals surface area contributed by atoms with E-state index in [1.807, 2.05) is 42.5 Å². The summed E-state index contributed by atoms with van der Waals surface area (Å²) in [5.74, 6) is -0.127. The van der Waals surface area contributed by atoms with E-state index in [1.165, 1.54) is 13.3 Å². The van der Waals surface area contributed by atoms with E-state index in [0.717, 1.165) is 10.8 Å². The quantitative estimate of drug-likeness (QED) is 0.208. The molecule has 0 atom stereocenters. The van der Waals surface area contributed by atoms with Crippen LogP contribution in [0.4, 0.5) is 0 Å². The predicted molar refractivity (Wildman–Crippen MR) is 123 cm³/mol. The summed E-state index contributed by atoms with van der Waals surface area (Å²) < 4.78 is 10.8. The monoisotopic (exact) mass is 424 g/mol. The molecule has 0 fully saturated rings. The average Bonchev–Trinajstić information content (AvgIpc) is 2.85. The van der Waals surface area contributed by atoms with Gasteiger partial charge in [0.2, 0.25) is 0 Å². The zero-order valence-corrected chi connectivity index (χ0v) is 17.3. The summed E-state index contributed by atoms with van der Waals surface area (Å²) >= 11 is 0. The van der Waals surface area contributed by atoms with Gasteiger partial charge < -0.3 is 9.47 Å². The van der Waals surface area contributed by atoms with E-state index in [4.69, 9.17) is 9.47 Å². The summed E-state index contributed by atoms with van der Waals surface area (Å²) in [6, 6.07) is 27.0. The highest BCUT2D eigenvalue weighted by Gasteiger charge is 2.12.